The number of hydrogen-bond acceptors (Lipinski definition) is 3. The Balaban J connectivity index is 1.71. The maximum absolute atomic E-state index is 12.6. The van der Waals surface area contributed by atoms with E-state index < -0.39 is 0 Å². The quantitative estimate of drug-likeness (QED) is 0.928. The summed E-state index contributed by atoms with van der Waals surface area (Å²) < 4.78 is 5.80. The largest absolute Gasteiger partial charge is 0.491 e. The minimum Gasteiger partial charge on any atom is -0.491 e. The Bertz CT molecular complexity index is 572. The van der Waals surface area contributed by atoms with E-state index in [-0.39, 0.29) is 11.9 Å². The highest BCUT2D eigenvalue weighted by Gasteiger charge is 2.50. The van der Waals surface area contributed by atoms with E-state index in [0.29, 0.717) is 18.4 Å². The number of rotatable bonds is 3. The molecule has 1 N–H and O–H groups in total. The van der Waals surface area contributed by atoms with Crippen LogP contribution < -0.4 is 15.0 Å². The predicted octanol–water partition coefficient (Wildman–Crippen LogP) is 3.03. The first-order valence-corrected chi connectivity index (χ1v) is 8.13. The molecule has 1 amide bonds. The van der Waals surface area contributed by atoms with Crippen LogP contribution in [-0.2, 0) is 4.79 Å². The van der Waals surface area contributed by atoms with Crippen LogP contribution in [-0.4, -0.2) is 25.1 Å². The summed E-state index contributed by atoms with van der Waals surface area (Å²) >= 11 is 0. The fourth-order valence-electron chi connectivity index (χ4n) is 4.30. The number of nitrogens with zero attached hydrogens (tertiary/aromatic N) is 1. The van der Waals surface area contributed by atoms with Crippen molar-refractivity contribution in [2.75, 3.05) is 23.4 Å². The number of amides is 1. The molecule has 4 heteroatoms. The zero-order valence-electron chi connectivity index (χ0n) is 12.5. The number of nitrogens with one attached hydrogen (secondary N) is 1. The van der Waals surface area contributed by atoms with E-state index in [9.17, 15) is 4.79 Å². The second-order valence-electron chi connectivity index (χ2n) is 6.44. The number of fused-ring (bicyclic) bond motifs is 5. The van der Waals surface area contributed by atoms with Crippen LogP contribution in [0.25, 0.3) is 0 Å². The van der Waals surface area contributed by atoms with Crippen LogP contribution in [0.1, 0.15) is 32.6 Å². The third-order valence-electron chi connectivity index (χ3n) is 5.18. The number of benzene rings is 1. The molecule has 0 aromatic heterocycles. The van der Waals surface area contributed by atoms with Gasteiger partial charge in [0.15, 0.2) is 0 Å². The SMILES string of the molecule is CCCOc1cccc2c1NC(=O)C1C3CCCC3CN21. The number of hydrogen-bond donors (Lipinski definition) is 1. The molecule has 1 aliphatic carbocycles. The summed E-state index contributed by atoms with van der Waals surface area (Å²) in [5, 5.41) is 3.12. The van der Waals surface area contributed by atoms with Crippen LogP contribution in [0.15, 0.2) is 18.2 Å². The average Bonchev–Trinajstić information content (AvgIpc) is 3.06. The summed E-state index contributed by atoms with van der Waals surface area (Å²) in [5.41, 5.74) is 2.01. The lowest BCUT2D eigenvalue weighted by molar-refractivity contribution is -0.118. The molecule has 1 aromatic rings. The topological polar surface area (TPSA) is 41.6 Å². The fraction of sp³-hybridized carbons (Fsp3) is 0.588. The Hall–Kier alpha value is -1.71. The zero-order chi connectivity index (χ0) is 14.4. The smallest absolute Gasteiger partial charge is 0.247 e. The molecule has 0 bridgehead atoms. The number of carbonyl (C=O) groups excluding carboxylic acids is 1. The number of carbonyl (C=O) groups is 1. The normalized spacial score (nSPS) is 29.7. The average molecular weight is 286 g/mol. The minimum atomic E-state index is 0.0337. The summed E-state index contributed by atoms with van der Waals surface area (Å²) in [6.45, 7) is 3.79. The molecule has 1 aromatic carbocycles. The molecule has 21 heavy (non-hydrogen) atoms. The summed E-state index contributed by atoms with van der Waals surface area (Å²) in [6, 6.07) is 6.13. The molecule has 0 radical (unpaired) electrons. The van der Waals surface area contributed by atoms with Gasteiger partial charge in [0.2, 0.25) is 5.91 Å². The van der Waals surface area contributed by atoms with Crippen LogP contribution in [0.2, 0.25) is 0 Å². The summed E-state index contributed by atoms with van der Waals surface area (Å²) in [4.78, 5) is 14.9. The van der Waals surface area contributed by atoms with E-state index in [1.165, 1.54) is 19.3 Å². The van der Waals surface area contributed by atoms with Gasteiger partial charge in [-0.3, -0.25) is 4.79 Å². The van der Waals surface area contributed by atoms with E-state index in [1.54, 1.807) is 0 Å². The predicted molar refractivity (Wildman–Crippen MR) is 82.8 cm³/mol. The Morgan fingerprint density at radius 3 is 3.14 bits per heavy atom. The number of ether oxygens (including phenoxy) is 1. The van der Waals surface area contributed by atoms with Gasteiger partial charge in [-0.05, 0) is 43.2 Å². The zero-order valence-corrected chi connectivity index (χ0v) is 12.5. The fourth-order valence-corrected chi connectivity index (χ4v) is 4.30. The summed E-state index contributed by atoms with van der Waals surface area (Å²) in [6.07, 6.45) is 4.71. The molecule has 1 saturated carbocycles. The van der Waals surface area contributed by atoms with E-state index >= 15 is 0 Å². The van der Waals surface area contributed by atoms with Crippen LogP contribution in [0.3, 0.4) is 0 Å². The van der Waals surface area contributed by atoms with Gasteiger partial charge in [-0.25, -0.2) is 0 Å². The lowest BCUT2D eigenvalue weighted by atomic mass is 9.92. The molecule has 1 saturated heterocycles. The summed E-state index contributed by atoms with van der Waals surface area (Å²) in [5.74, 6) is 2.19. The Labute approximate surface area is 125 Å². The maximum Gasteiger partial charge on any atom is 0.247 e. The molecule has 112 valence electrons. The molecular formula is C17H22N2O2. The van der Waals surface area contributed by atoms with Crippen LogP contribution >= 0.6 is 0 Å². The van der Waals surface area contributed by atoms with Crippen molar-refractivity contribution in [3.05, 3.63) is 18.2 Å². The molecule has 3 aliphatic rings. The van der Waals surface area contributed by atoms with Gasteiger partial charge in [0.1, 0.15) is 17.5 Å². The van der Waals surface area contributed by atoms with Crippen molar-refractivity contribution in [1.29, 1.82) is 0 Å². The number of anilines is 2. The van der Waals surface area contributed by atoms with Crippen molar-refractivity contribution in [2.24, 2.45) is 11.8 Å². The van der Waals surface area contributed by atoms with Crippen molar-refractivity contribution in [2.45, 2.75) is 38.6 Å². The minimum absolute atomic E-state index is 0.0337. The van der Waals surface area contributed by atoms with Gasteiger partial charge in [-0.2, -0.15) is 0 Å². The molecule has 2 aliphatic heterocycles. The molecule has 0 spiro atoms. The van der Waals surface area contributed by atoms with Crippen molar-refractivity contribution in [1.82, 2.24) is 0 Å². The van der Waals surface area contributed by atoms with E-state index in [0.717, 1.165) is 30.1 Å². The Kier molecular flexibility index (Phi) is 3.05. The van der Waals surface area contributed by atoms with Gasteiger partial charge in [-0.1, -0.05) is 19.4 Å². The second kappa shape index (κ2) is 4.93. The molecule has 3 unspecified atom stereocenters. The monoisotopic (exact) mass is 286 g/mol. The van der Waals surface area contributed by atoms with E-state index in [2.05, 4.69) is 23.2 Å². The van der Waals surface area contributed by atoms with Gasteiger partial charge >= 0.3 is 0 Å². The van der Waals surface area contributed by atoms with E-state index in [4.69, 9.17) is 4.74 Å². The van der Waals surface area contributed by atoms with Gasteiger partial charge < -0.3 is 15.0 Å². The van der Waals surface area contributed by atoms with Crippen molar-refractivity contribution in [3.8, 4) is 5.75 Å². The standard InChI is InChI=1S/C17H22N2O2/c1-2-9-21-14-8-4-7-13-15(14)18-17(20)16-12-6-3-5-11(12)10-19(13)16/h4,7-8,11-12,16H,2-3,5-6,9-10H2,1H3,(H,18,20). The van der Waals surface area contributed by atoms with Gasteiger partial charge in [0.25, 0.3) is 0 Å². The van der Waals surface area contributed by atoms with Crippen LogP contribution in [0.4, 0.5) is 11.4 Å². The maximum atomic E-state index is 12.6. The highest BCUT2D eigenvalue weighted by Crippen LogP contribution is 2.49. The Morgan fingerprint density at radius 1 is 1.38 bits per heavy atom. The highest BCUT2D eigenvalue weighted by molar-refractivity contribution is 6.06. The van der Waals surface area contributed by atoms with E-state index in [1.807, 2.05) is 12.1 Å². The van der Waals surface area contributed by atoms with Crippen LogP contribution in [0.5, 0.6) is 5.75 Å². The third-order valence-corrected chi connectivity index (χ3v) is 5.18. The first kappa shape index (κ1) is 13.0. The highest BCUT2D eigenvalue weighted by atomic mass is 16.5. The van der Waals surface area contributed by atoms with Crippen molar-refractivity contribution >= 4 is 17.3 Å². The first-order chi connectivity index (χ1) is 10.3. The first-order valence-electron chi connectivity index (χ1n) is 8.13. The molecule has 2 fully saturated rings. The Morgan fingerprint density at radius 2 is 2.29 bits per heavy atom. The second-order valence-corrected chi connectivity index (χ2v) is 6.44. The van der Waals surface area contributed by atoms with Gasteiger partial charge in [-0.15, -0.1) is 0 Å². The van der Waals surface area contributed by atoms with Gasteiger partial charge in [0, 0.05) is 6.54 Å². The third kappa shape index (κ3) is 1.92. The molecular weight excluding hydrogens is 264 g/mol. The van der Waals surface area contributed by atoms with Crippen molar-refractivity contribution < 1.29 is 9.53 Å². The number of para-hydroxylation sites is 1. The molecule has 4 nitrogen and oxygen atoms in total. The van der Waals surface area contributed by atoms with Gasteiger partial charge in [0.05, 0.1) is 12.3 Å². The van der Waals surface area contributed by atoms with Crippen molar-refractivity contribution in [3.63, 3.8) is 0 Å². The molecule has 4 rings (SSSR count). The lowest BCUT2D eigenvalue weighted by Gasteiger charge is -2.35. The molecule has 2 heterocycles. The van der Waals surface area contributed by atoms with Crippen LogP contribution in [0, 0.1) is 11.8 Å². The lowest BCUT2D eigenvalue weighted by Crippen LogP contribution is -2.46. The summed E-state index contributed by atoms with van der Waals surface area (Å²) in [7, 11) is 0. The molecule has 3 atom stereocenters.